The van der Waals surface area contributed by atoms with Crippen molar-refractivity contribution in [2.24, 2.45) is 0 Å². The molecule has 0 aromatic carbocycles. The van der Waals surface area contributed by atoms with Crippen molar-refractivity contribution in [1.82, 2.24) is 9.97 Å². The van der Waals surface area contributed by atoms with Crippen LogP contribution in [0.5, 0.6) is 0 Å². The van der Waals surface area contributed by atoms with Crippen LogP contribution in [0.25, 0.3) is 0 Å². The van der Waals surface area contributed by atoms with E-state index in [4.69, 9.17) is 11.6 Å². The lowest BCUT2D eigenvalue weighted by Gasteiger charge is -2.00. The van der Waals surface area contributed by atoms with E-state index in [9.17, 15) is 0 Å². The molecule has 1 aromatic heterocycles. The Bertz CT molecular complexity index is 218. The van der Waals surface area contributed by atoms with Gasteiger partial charge in [-0.2, -0.15) is 0 Å². The van der Waals surface area contributed by atoms with Gasteiger partial charge in [-0.15, -0.1) is 11.6 Å². The molecule has 0 aliphatic heterocycles. The smallest absolute Gasteiger partial charge is 0.129 e. The zero-order chi connectivity index (χ0) is 8.27. The van der Waals surface area contributed by atoms with Gasteiger partial charge in [-0.05, 0) is 19.4 Å². The molecule has 0 radical (unpaired) electrons. The van der Waals surface area contributed by atoms with Crippen molar-refractivity contribution >= 4 is 11.6 Å². The van der Waals surface area contributed by atoms with Crippen molar-refractivity contribution in [3.8, 4) is 0 Å². The van der Waals surface area contributed by atoms with Crippen LogP contribution in [0.4, 0.5) is 0 Å². The quantitative estimate of drug-likeness (QED) is 0.635. The highest BCUT2D eigenvalue weighted by Crippen LogP contribution is 2.02. The van der Waals surface area contributed by atoms with Gasteiger partial charge in [-0.1, -0.05) is 0 Å². The van der Waals surface area contributed by atoms with Crippen molar-refractivity contribution in [3.63, 3.8) is 0 Å². The first-order chi connectivity index (χ1) is 5.18. The largest absolute Gasteiger partial charge is 0.241 e. The lowest BCUT2D eigenvalue weighted by Crippen LogP contribution is -2.02. The second-order valence-electron chi connectivity index (χ2n) is 2.66. The fraction of sp³-hybridized carbons (Fsp3) is 0.500. The molecule has 1 heterocycles. The van der Waals surface area contributed by atoms with Gasteiger partial charge in [0.25, 0.3) is 0 Å². The summed E-state index contributed by atoms with van der Waals surface area (Å²) in [5.74, 6) is 0.818. The highest BCUT2D eigenvalue weighted by atomic mass is 35.5. The van der Waals surface area contributed by atoms with E-state index < -0.39 is 0 Å². The fourth-order valence-corrected chi connectivity index (χ4v) is 0.914. The molecule has 0 aliphatic carbocycles. The van der Waals surface area contributed by atoms with E-state index in [2.05, 4.69) is 9.97 Å². The Kier molecular flexibility index (Phi) is 2.83. The molecule has 0 saturated carbocycles. The summed E-state index contributed by atoms with van der Waals surface area (Å²) in [6, 6.07) is 0. The van der Waals surface area contributed by atoms with Crippen LogP contribution >= 0.6 is 11.6 Å². The summed E-state index contributed by atoms with van der Waals surface area (Å²) in [7, 11) is 0. The van der Waals surface area contributed by atoms with Crippen LogP contribution in [0.1, 0.15) is 18.3 Å². The molecular formula is C8H11ClN2. The number of aromatic nitrogens is 2. The van der Waals surface area contributed by atoms with Gasteiger partial charge in [-0.25, -0.2) is 9.97 Å². The molecule has 60 valence electrons. The Hall–Kier alpha value is -0.630. The number of halogens is 1. The normalized spacial score (nSPS) is 13.0. The van der Waals surface area contributed by atoms with Crippen molar-refractivity contribution in [1.29, 1.82) is 0 Å². The minimum Gasteiger partial charge on any atom is -0.241 e. The molecule has 0 fully saturated rings. The molecule has 1 aromatic rings. The second kappa shape index (κ2) is 3.67. The van der Waals surface area contributed by atoms with E-state index in [-0.39, 0.29) is 5.38 Å². The van der Waals surface area contributed by atoms with Gasteiger partial charge in [-0.3, -0.25) is 0 Å². The maximum Gasteiger partial charge on any atom is 0.129 e. The average Bonchev–Trinajstić information content (AvgIpc) is 1.93. The lowest BCUT2D eigenvalue weighted by atomic mass is 10.3. The highest BCUT2D eigenvalue weighted by molar-refractivity contribution is 6.20. The molecule has 3 heteroatoms. The van der Waals surface area contributed by atoms with Crippen molar-refractivity contribution < 1.29 is 0 Å². The molecule has 1 rings (SSSR count). The van der Waals surface area contributed by atoms with Crippen LogP contribution in [-0.2, 0) is 6.42 Å². The van der Waals surface area contributed by atoms with E-state index >= 15 is 0 Å². The summed E-state index contributed by atoms with van der Waals surface area (Å²) in [6.45, 7) is 3.90. The van der Waals surface area contributed by atoms with E-state index in [0.29, 0.717) is 0 Å². The Labute approximate surface area is 71.6 Å². The average molecular weight is 171 g/mol. The van der Waals surface area contributed by atoms with Gasteiger partial charge >= 0.3 is 0 Å². The van der Waals surface area contributed by atoms with Gasteiger partial charge < -0.3 is 0 Å². The summed E-state index contributed by atoms with van der Waals surface area (Å²) >= 11 is 5.77. The van der Waals surface area contributed by atoms with Gasteiger partial charge in [0.1, 0.15) is 5.82 Å². The SMILES string of the molecule is Cc1cnc(CC(C)Cl)nc1. The van der Waals surface area contributed by atoms with Gasteiger partial charge in [0, 0.05) is 24.2 Å². The number of hydrogen-bond acceptors (Lipinski definition) is 2. The summed E-state index contributed by atoms with van der Waals surface area (Å²) in [4.78, 5) is 8.25. The molecule has 1 unspecified atom stereocenters. The lowest BCUT2D eigenvalue weighted by molar-refractivity contribution is 0.837. The minimum absolute atomic E-state index is 0.109. The first-order valence-corrected chi connectivity index (χ1v) is 4.03. The van der Waals surface area contributed by atoms with E-state index in [1.165, 1.54) is 0 Å². The van der Waals surface area contributed by atoms with Crippen LogP contribution in [-0.4, -0.2) is 15.3 Å². The topological polar surface area (TPSA) is 25.8 Å². The summed E-state index contributed by atoms with van der Waals surface area (Å²) in [5.41, 5.74) is 1.08. The van der Waals surface area contributed by atoms with Gasteiger partial charge in [0.2, 0.25) is 0 Å². The number of nitrogens with zero attached hydrogens (tertiary/aromatic N) is 2. The monoisotopic (exact) mass is 170 g/mol. The maximum atomic E-state index is 5.77. The molecule has 0 amide bonds. The minimum atomic E-state index is 0.109. The van der Waals surface area contributed by atoms with E-state index in [1.54, 1.807) is 0 Å². The van der Waals surface area contributed by atoms with Crippen LogP contribution in [0.3, 0.4) is 0 Å². The number of alkyl halides is 1. The molecule has 0 aliphatic rings. The van der Waals surface area contributed by atoms with Crippen LogP contribution in [0.15, 0.2) is 12.4 Å². The molecule has 11 heavy (non-hydrogen) atoms. The second-order valence-corrected chi connectivity index (χ2v) is 3.41. The first kappa shape index (κ1) is 8.47. The number of aryl methyl sites for hydroxylation is 1. The maximum absolute atomic E-state index is 5.77. The third-order valence-corrected chi connectivity index (χ3v) is 1.45. The Morgan fingerprint density at radius 1 is 1.45 bits per heavy atom. The van der Waals surface area contributed by atoms with Crippen molar-refractivity contribution in [3.05, 3.63) is 23.8 Å². The Balaban J connectivity index is 2.66. The molecule has 0 spiro atoms. The molecular weight excluding hydrogens is 160 g/mol. The van der Waals surface area contributed by atoms with Crippen LogP contribution < -0.4 is 0 Å². The van der Waals surface area contributed by atoms with Crippen molar-refractivity contribution in [2.45, 2.75) is 25.6 Å². The zero-order valence-electron chi connectivity index (χ0n) is 6.71. The molecule has 0 bridgehead atoms. The zero-order valence-corrected chi connectivity index (χ0v) is 7.47. The standard InChI is InChI=1S/C8H11ClN2/c1-6-4-10-8(11-5-6)3-7(2)9/h4-5,7H,3H2,1-2H3. The van der Waals surface area contributed by atoms with Crippen LogP contribution in [0.2, 0.25) is 0 Å². The van der Waals surface area contributed by atoms with E-state index in [0.717, 1.165) is 17.8 Å². The predicted molar refractivity (Wildman–Crippen MR) is 45.8 cm³/mol. The number of hydrogen-bond donors (Lipinski definition) is 0. The first-order valence-electron chi connectivity index (χ1n) is 3.60. The van der Waals surface area contributed by atoms with Gasteiger partial charge in [0.05, 0.1) is 0 Å². The third-order valence-electron chi connectivity index (χ3n) is 1.30. The summed E-state index contributed by atoms with van der Waals surface area (Å²) < 4.78 is 0. The molecule has 0 N–H and O–H groups in total. The van der Waals surface area contributed by atoms with E-state index in [1.807, 2.05) is 26.2 Å². The van der Waals surface area contributed by atoms with Crippen LogP contribution in [0, 0.1) is 6.92 Å². The molecule has 1 atom stereocenters. The molecule has 2 nitrogen and oxygen atoms in total. The fourth-order valence-electron chi connectivity index (χ4n) is 0.776. The molecule has 0 saturated heterocycles. The Morgan fingerprint density at radius 2 is 2.00 bits per heavy atom. The third kappa shape index (κ3) is 2.85. The number of rotatable bonds is 2. The summed E-state index contributed by atoms with van der Waals surface area (Å²) in [6.07, 6.45) is 4.35. The van der Waals surface area contributed by atoms with Crippen molar-refractivity contribution in [2.75, 3.05) is 0 Å². The summed E-state index contributed by atoms with van der Waals surface area (Å²) in [5, 5.41) is 0.109. The Morgan fingerprint density at radius 3 is 2.45 bits per heavy atom. The predicted octanol–water partition coefficient (Wildman–Crippen LogP) is 1.95. The highest BCUT2D eigenvalue weighted by Gasteiger charge is 2.00. The van der Waals surface area contributed by atoms with Gasteiger partial charge in [0.15, 0.2) is 0 Å².